The van der Waals surface area contributed by atoms with Gasteiger partial charge in [0, 0.05) is 5.92 Å². The van der Waals surface area contributed by atoms with Gasteiger partial charge in [-0.3, -0.25) is 4.79 Å². The van der Waals surface area contributed by atoms with Gasteiger partial charge in [0.2, 0.25) is 0 Å². The number of esters is 1. The maximum atomic E-state index is 12.6. The molecule has 4 bridgehead atoms. The van der Waals surface area contributed by atoms with E-state index in [2.05, 4.69) is 13.8 Å². The van der Waals surface area contributed by atoms with Gasteiger partial charge < -0.3 is 4.74 Å². The predicted molar refractivity (Wildman–Crippen MR) is 93.9 cm³/mol. The SMILES string of the molecule is CC.CCC(C)(C)C(=O)OC1(C)CC2CC1C1C3CCC(C3)C21. The van der Waals surface area contributed by atoms with Crippen molar-refractivity contribution in [3.05, 3.63) is 0 Å². The van der Waals surface area contributed by atoms with Crippen molar-refractivity contribution in [1.29, 1.82) is 0 Å². The molecule has 4 aliphatic carbocycles. The monoisotopic (exact) mass is 320 g/mol. The Bertz CT molecular complexity index is 468. The summed E-state index contributed by atoms with van der Waals surface area (Å²) in [6.07, 6.45) is 7.72. The molecule has 4 fully saturated rings. The van der Waals surface area contributed by atoms with Gasteiger partial charge >= 0.3 is 5.97 Å². The van der Waals surface area contributed by atoms with Gasteiger partial charge in [0.1, 0.15) is 5.60 Å². The molecule has 0 heterocycles. The quantitative estimate of drug-likeness (QED) is 0.510. The summed E-state index contributed by atoms with van der Waals surface area (Å²) in [6, 6.07) is 0. The molecule has 0 aromatic heterocycles. The largest absolute Gasteiger partial charge is 0.459 e. The molecule has 2 heteroatoms. The third-order valence-corrected chi connectivity index (χ3v) is 7.83. The number of hydrogen-bond donors (Lipinski definition) is 0. The van der Waals surface area contributed by atoms with E-state index >= 15 is 0 Å². The fourth-order valence-electron chi connectivity index (χ4n) is 6.48. The Balaban J connectivity index is 0.000000753. The minimum atomic E-state index is -0.334. The number of carbonyl (C=O) groups excluding carboxylic acids is 1. The molecule has 0 aromatic carbocycles. The van der Waals surface area contributed by atoms with Crippen molar-refractivity contribution < 1.29 is 9.53 Å². The molecule has 23 heavy (non-hydrogen) atoms. The Morgan fingerprint density at radius 3 is 2.30 bits per heavy atom. The smallest absolute Gasteiger partial charge is 0.312 e. The molecule has 0 radical (unpaired) electrons. The molecule has 0 aromatic rings. The van der Waals surface area contributed by atoms with Crippen molar-refractivity contribution in [2.75, 3.05) is 0 Å². The molecule has 0 saturated heterocycles. The number of fused-ring (bicyclic) bond motifs is 9. The van der Waals surface area contributed by atoms with Crippen LogP contribution in [0.1, 0.15) is 80.1 Å². The van der Waals surface area contributed by atoms with Crippen LogP contribution in [0.5, 0.6) is 0 Å². The van der Waals surface area contributed by atoms with E-state index in [9.17, 15) is 4.79 Å². The van der Waals surface area contributed by atoms with Gasteiger partial charge in [0.05, 0.1) is 5.41 Å². The molecule has 4 aliphatic rings. The maximum absolute atomic E-state index is 12.6. The molecule has 2 nitrogen and oxygen atoms in total. The minimum Gasteiger partial charge on any atom is -0.459 e. The van der Waals surface area contributed by atoms with Crippen LogP contribution in [-0.2, 0) is 9.53 Å². The summed E-state index contributed by atoms with van der Waals surface area (Å²) in [7, 11) is 0. The lowest BCUT2D eigenvalue weighted by atomic mass is 9.66. The highest BCUT2D eigenvalue weighted by Gasteiger charge is 2.67. The number of rotatable bonds is 3. The highest BCUT2D eigenvalue weighted by molar-refractivity contribution is 5.76. The van der Waals surface area contributed by atoms with E-state index in [0.717, 1.165) is 42.4 Å². The zero-order valence-electron chi connectivity index (χ0n) is 16.0. The molecular weight excluding hydrogens is 284 g/mol. The first-order valence-electron chi connectivity index (χ1n) is 10.1. The van der Waals surface area contributed by atoms with Crippen molar-refractivity contribution in [3.63, 3.8) is 0 Å². The van der Waals surface area contributed by atoms with E-state index in [1.54, 1.807) is 0 Å². The van der Waals surface area contributed by atoms with Crippen LogP contribution in [0.15, 0.2) is 0 Å². The van der Waals surface area contributed by atoms with Crippen LogP contribution in [0.2, 0.25) is 0 Å². The van der Waals surface area contributed by atoms with Crippen LogP contribution in [0, 0.1) is 40.9 Å². The summed E-state index contributed by atoms with van der Waals surface area (Å²) in [5, 5.41) is 0. The van der Waals surface area contributed by atoms with Crippen LogP contribution in [0.25, 0.3) is 0 Å². The van der Waals surface area contributed by atoms with Gasteiger partial charge in [-0.2, -0.15) is 0 Å². The van der Waals surface area contributed by atoms with Crippen molar-refractivity contribution in [2.45, 2.75) is 85.7 Å². The second-order valence-corrected chi connectivity index (χ2v) is 9.23. The molecule has 0 amide bonds. The number of hydrogen-bond acceptors (Lipinski definition) is 2. The Labute approximate surface area is 142 Å². The van der Waals surface area contributed by atoms with Gasteiger partial charge in [-0.25, -0.2) is 0 Å². The molecular formula is C21H36O2. The fraction of sp³-hybridized carbons (Fsp3) is 0.952. The van der Waals surface area contributed by atoms with E-state index in [0.29, 0.717) is 5.92 Å². The van der Waals surface area contributed by atoms with Gasteiger partial charge in [0.15, 0.2) is 0 Å². The van der Waals surface area contributed by atoms with E-state index in [1.807, 2.05) is 27.7 Å². The Hall–Kier alpha value is -0.530. The summed E-state index contributed by atoms with van der Waals surface area (Å²) in [5.74, 6) is 5.36. The van der Waals surface area contributed by atoms with Gasteiger partial charge in [0.25, 0.3) is 0 Å². The van der Waals surface area contributed by atoms with Crippen LogP contribution >= 0.6 is 0 Å². The molecule has 0 N–H and O–H groups in total. The standard InChI is InChI=1S/C19H30O2.C2H6/c1-5-18(2,3)17(20)21-19(4)10-13-9-14(19)16-12-7-6-11(8-12)15(13)16;1-2/h11-16H,5-10H2,1-4H3;1-2H3. The summed E-state index contributed by atoms with van der Waals surface area (Å²) in [4.78, 5) is 12.6. The average Bonchev–Trinajstić information content (AvgIpc) is 3.26. The Morgan fingerprint density at radius 1 is 1.09 bits per heavy atom. The maximum Gasteiger partial charge on any atom is 0.312 e. The van der Waals surface area contributed by atoms with Gasteiger partial charge in [-0.05, 0) is 88.9 Å². The van der Waals surface area contributed by atoms with Gasteiger partial charge in [-0.1, -0.05) is 20.8 Å². The highest BCUT2D eigenvalue weighted by Crippen LogP contribution is 2.70. The summed E-state index contributed by atoms with van der Waals surface area (Å²) in [5.41, 5.74) is -0.501. The van der Waals surface area contributed by atoms with Crippen molar-refractivity contribution in [3.8, 4) is 0 Å². The molecule has 4 saturated carbocycles. The van der Waals surface area contributed by atoms with E-state index < -0.39 is 0 Å². The first-order valence-corrected chi connectivity index (χ1v) is 10.1. The highest BCUT2D eigenvalue weighted by atomic mass is 16.6. The van der Waals surface area contributed by atoms with Crippen LogP contribution in [0.3, 0.4) is 0 Å². The molecule has 4 rings (SSSR count). The lowest BCUT2D eigenvalue weighted by Gasteiger charge is -2.45. The first-order chi connectivity index (χ1) is 10.9. The summed E-state index contributed by atoms with van der Waals surface area (Å²) < 4.78 is 6.17. The second kappa shape index (κ2) is 5.77. The predicted octanol–water partition coefficient (Wildman–Crippen LogP) is 5.45. The second-order valence-electron chi connectivity index (χ2n) is 9.23. The summed E-state index contributed by atoms with van der Waals surface area (Å²) in [6.45, 7) is 12.4. The summed E-state index contributed by atoms with van der Waals surface area (Å²) >= 11 is 0. The van der Waals surface area contributed by atoms with E-state index in [4.69, 9.17) is 4.74 Å². The number of ether oxygens (including phenoxy) is 1. The zero-order valence-corrected chi connectivity index (χ0v) is 16.0. The molecule has 7 unspecified atom stereocenters. The minimum absolute atomic E-state index is 0.0276. The van der Waals surface area contributed by atoms with Crippen molar-refractivity contribution in [1.82, 2.24) is 0 Å². The third kappa shape index (κ3) is 2.46. The Kier molecular flexibility index (Phi) is 4.34. The molecule has 0 aliphatic heterocycles. The van der Waals surface area contributed by atoms with Crippen LogP contribution < -0.4 is 0 Å². The van der Waals surface area contributed by atoms with Crippen molar-refractivity contribution in [2.24, 2.45) is 40.9 Å². The normalized spacial score (nSPS) is 46.3. The third-order valence-electron chi connectivity index (χ3n) is 7.83. The van der Waals surface area contributed by atoms with Crippen LogP contribution in [0.4, 0.5) is 0 Å². The average molecular weight is 321 g/mol. The topological polar surface area (TPSA) is 26.3 Å². The fourth-order valence-corrected chi connectivity index (χ4v) is 6.48. The molecule has 132 valence electrons. The van der Waals surface area contributed by atoms with Crippen molar-refractivity contribution >= 4 is 5.97 Å². The molecule has 7 atom stereocenters. The van der Waals surface area contributed by atoms with Crippen LogP contribution in [-0.4, -0.2) is 11.6 Å². The molecule has 0 spiro atoms. The lowest BCUT2D eigenvalue weighted by molar-refractivity contribution is -0.179. The van der Waals surface area contributed by atoms with E-state index in [-0.39, 0.29) is 17.0 Å². The Morgan fingerprint density at radius 2 is 1.70 bits per heavy atom. The number of carbonyl (C=O) groups is 1. The van der Waals surface area contributed by atoms with Gasteiger partial charge in [-0.15, -0.1) is 0 Å². The van der Waals surface area contributed by atoms with E-state index in [1.165, 1.54) is 25.7 Å². The zero-order chi connectivity index (χ0) is 17.0. The lowest BCUT2D eigenvalue weighted by Crippen LogP contribution is -2.47. The first kappa shape index (κ1) is 17.3.